The number of hydrogen-bond donors (Lipinski definition) is 2. The summed E-state index contributed by atoms with van der Waals surface area (Å²) >= 11 is 0. The van der Waals surface area contributed by atoms with E-state index in [1.165, 1.54) is 5.56 Å². The van der Waals surface area contributed by atoms with Gasteiger partial charge in [-0.15, -0.1) is 0 Å². The van der Waals surface area contributed by atoms with Crippen molar-refractivity contribution in [2.45, 2.75) is 32.2 Å². The second-order valence-electron chi connectivity index (χ2n) is 4.75. The van der Waals surface area contributed by atoms with Gasteiger partial charge in [0.15, 0.2) is 0 Å². The zero-order valence-corrected chi connectivity index (χ0v) is 11.5. The van der Waals surface area contributed by atoms with Crippen molar-refractivity contribution in [3.8, 4) is 11.5 Å². The van der Waals surface area contributed by atoms with Gasteiger partial charge in [-0.05, 0) is 37.9 Å². The quantitative estimate of drug-likeness (QED) is 0.708. The minimum absolute atomic E-state index is 0.262. The lowest BCUT2D eigenvalue weighted by atomic mass is 10.1. The smallest absolute Gasteiger partial charge is 0.127 e. The van der Waals surface area contributed by atoms with Crippen molar-refractivity contribution in [2.75, 3.05) is 26.4 Å². The molecule has 0 amide bonds. The van der Waals surface area contributed by atoms with E-state index in [0.717, 1.165) is 37.3 Å². The summed E-state index contributed by atoms with van der Waals surface area (Å²) < 4.78 is 11.4. The minimum Gasteiger partial charge on any atom is -0.493 e. The number of rotatable bonds is 8. The third-order valence-electron chi connectivity index (χ3n) is 3.29. The summed E-state index contributed by atoms with van der Waals surface area (Å²) in [5, 5.41) is 12.1. The van der Waals surface area contributed by atoms with Crippen molar-refractivity contribution in [3.63, 3.8) is 0 Å². The summed E-state index contributed by atoms with van der Waals surface area (Å²) in [6.07, 6.45) is 2.82. The zero-order chi connectivity index (χ0) is 13.5. The first-order chi connectivity index (χ1) is 9.35. The maximum Gasteiger partial charge on any atom is 0.127 e. The van der Waals surface area contributed by atoms with Crippen LogP contribution >= 0.6 is 0 Å². The number of ether oxygens (including phenoxy) is 2. The number of fused-ring (bicyclic) bond motifs is 1. The van der Waals surface area contributed by atoms with Crippen LogP contribution in [0.15, 0.2) is 18.2 Å². The Morgan fingerprint density at radius 2 is 2.26 bits per heavy atom. The fraction of sp³-hybridized carbons (Fsp3) is 0.600. The molecule has 2 rings (SSSR count). The van der Waals surface area contributed by atoms with Crippen LogP contribution in [0.5, 0.6) is 11.5 Å². The molecule has 0 aromatic heterocycles. The van der Waals surface area contributed by atoms with E-state index in [1.54, 1.807) is 0 Å². The second kappa shape index (κ2) is 7.36. The summed E-state index contributed by atoms with van der Waals surface area (Å²) in [6.45, 7) is 4.69. The molecule has 19 heavy (non-hydrogen) atoms. The number of hydrogen-bond acceptors (Lipinski definition) is 4. The van der Waals surface area contributed by atoms with Crippen molar-refractivity contribution >= 4 is 0 Å². The molecule has 0 spiro atoms. The van der Waals surface area contributed by atoms with Gasteiger partial charge in [-0.2, -0.15) is 0 Å². The van der Waals surface area contributed by atoms with Crippen LogP contribution in [0.1, 0.15) is 37.8 Å². The van der Waals surface area contributed by atoms with Crippen molar-refractivity contribution in [2.24, 2.45) is 0 Å². The van der Waals surface area contributed by atoms with Crippen LogP contribution in [0.25, 0.3) is 0 Å². The summed E-state index contributed by atoms with van der Waals surface area (Å²) in [5.41, 5.74) is 1.22. The third kappa shape index (κ3) is 3.85. The summed E-state index contributed by atoms with van der Waals surface area (Å²) in [4.78, 5) is 0. The van der Waals surface area contributed by atoms with Gasteiger partial charge < -0.3 is 19.9 Å². The molecule has 1 aliphatic rings. The van der Waals surface area contributed by atoms with Gasteiger partial charge >= 0.3 is 0 Å². The van der Waals surface area contributed by atoms with Gasteiger partial charge in [0.2, 0.25) is 0 Å². The van der Waals surface area contributed by atoms with Crippen LogP contribution < -0.4 is 14.8 Å². The molecule has 0 bridgehead atoms. The van der Waals surface area contributed by atoms with Crippen LogP contribution in [-0.2, 0) is 0 Å². The first kappa shape index (κ1) is 14.2. The van der Waals surface area contributed by atoms with Gasteiger partial charge in [0.1, 0.15) is 18.1 Å². The zero-order valence-electron chi connectivity index (χ0n) is 11.5. The molecule has 0 saturated carbocycles. The monoisotopic (exact) mass is 265 g/mol. The van der Waals surface area contributed by atoms with E-state index in [1.807, 2.05) is 12.1 Å². The molecule has 106 valence electrons. The van der Waals surface area contributed by atoms with E-state index in [2.05, 4.69) is 18.3 Å². The molecule has 2 N–H and O–H groups in total. The van der Waals surface area contributed by atoms with Crippen molar-refractivity contribution in [1.82, 2.24) is 5.32 Å². The fourth-order valence-corrected chi connectivity index (χ4v) is 2.28. The van der Waals surface area contributed by atoms with Gasteiger partial charge in [-0.1, -0.05) is 6.92 Å². The van der Waals surface area contributed by atoms with Crippen molar-refractivity contribution in [1.29, 1.82) is 0 Å². The number of unbranched alkanes of at least 4 members (excludes halogenated alkanes) is 2. The molecule has 0 radical (unpaired) electrons. The highest BCUT2D eigenvalue weighted by molar-refractivity contribution is 5.45. The number of likely N-dealkylation sites (N-methyl/N-ethyl adjacent to an activating group) is 1. The molecule has 1 atom stereocenters. The Kier molecular flexibility index (Phi) is 5.48. The molecular formula is C15H23NO3. The van der Waals surface area contributed by atoms with Crippen molar-refractivity contribution in [3.05, 3.63) is 23.8 Å². The predicted molar refractivity (Wildman–Crippen MR) is 74.8 cm³/mol. The average molecular weight is 265 g/mol. The molecule has 1 aliphatic heterocycles. The fourth-order valence-electron chi connectivity index (χ4n) is 2.28. The van der Waals surface area contributed by atoms with Gasteiger partial charge in [-0.3, -0.25) is 0 Å². The van der Waals surface area contributed by atoms with E-state index in [9.17, 15) is 0 Å². The Morgan fingerprint density at radius 1 is 1.37 bits per heavy atom. The predicted octanol–water partition coefficient (Wildman–Crippen LogP) is 2.27. The third-order valence-corrected chi connectivity index (χ3v) is 3.29. The first-order valence-electron chi connectivity index (χ1n) is 7.09. The van der Waals surface area contributed by atoms with Gasteiger partial charge in [-0.25, -0.2) is 0 Å². The molecule has 0 saturated heterocycles. The van der Waals surface area contributed by atoms with E-state index in [4.69, 9.17) is 14.6 Å². The van der Waals surface area contributed by atoms with E-state index >= 15 is 0 Å². The maximum absolute atomic E-state index is 8.69. The lowest BCUT2D eigenvalue weighted by molar-refractivity contribution is 0.265. The normalized spacial score (nSPS) is 17.1. The number of aliphatic hydroxyl groups excluding tert-OH is 1. The molecule has 1 aromatic carbocycles. The van der Waals surface area contributed by atoms with Gasteiger partial charge in [0, 0.05) is 18.2 Å². The molecule has 0 aliphatic carbocycles. The van der Waals surface area contributed by atoms with E-state index in [0.29, 0.717) is 19.3 Å². The molecule has 1 aromatic rings. The van der Waals surface area contributed by atoms with E-state index < -0.39 is 0 Å². The van der Waals surface area contributed by atoms with Gasteiger partial charge in [0.05, 0.1) is 12.6 Å². The van der Waals surface area contributed by atoms with E-state index in [-0.39, 0.29) is 6.61 Å². The maximum atomic E-state index is 8.69. The van der Waals surface area contributed by atoms with Crippen LogP contribution in [0.3, 0.4) is 0 Å². The highest BCUT2D eigenvalue weighted by Gasteiger charge is 2.23. The Balaban J connectivity index is 1.84. The standard InChI is InChI=1S/C15H23NO3/c1-2-16-14-11-19-15-10-12(6-7-13(14)15)18-9-5-3-4-8-17/h6-7,10,14,16-17H,2-5,8-9,11H2,1H3. The average Bonchev–Trinajstić information content (AvgIpc) is 2.82. The Labute approximate surface area is 114 Å². The summed E-state index contributed by atoms with van der Waals surface area (Å²) in [6, 6.07) is 6.36. The second-order valence-corrected chi connectivity index (χ2v) is 4.75. The SMILES string of the molecule is CCNC1COc2cc(OCCCCCO)ccc21. The first-order valence-corrected chi connectivity index (χ1v) is 7.09. The number of nitrogens with one attached hydrogen (secondary N) is 1. The van der Waals surface area contributed by atoms with Crippen LogP contribution in [0, 0.1) is 0 Å². The van der Waals surface area contributed by atoms with Crippen LogP contribution in [0.2, 0.25) is 0 Å². The van der Waals surface area contributed by atoms with Crippen LogP contribution in [0.4, 0.5) is 0 Å². The highest BCUT2D eigenvalue weighted by atomic mass is 16.5. The Hall–Kier alpha value is -1.26. The molecule has 4 heteroatoms. The minimum atomic E-state index is 0.262. The Morgan fingerprint density at radius 3 is 3.05 bits per heavy atom. The number of benzene rings is 1. The highest BCUT2D eigenvalue weighted by Crippen LogP contribution is 2.35. The summed E-state index contributed by atoms with van der Waals surface area (Å²) in [5.74, 6) is 1.79. The molecule has 4 nitrogen and oxygen atoms in total. The molecule has 1 unspecified atom stereocenters. The van der Waals surface area contributed by atoms with Gasteiger partial charge in [0.25, 0.3) is 0 Å². The van der Waals surface area contributed by atoms with Crippen LogP contribution in [-0.4, -0.2) is 31.5 Å². The molecule has 1 heterocycles. The molecule has 0 fully saturated rings. The number of aliphatic hydroxyl groups is 1. The lowest BCUT2D eigenvalue weighted by Gasteiger charge is -2.10. The Bertz CT molecular complexity index is 395. The summed E-state index contributed by atoms with van der Waals surface area (Å²) in [7, 11) is 0. The van der Waals surface area contributed by atoms with Crippen molar-refractivity contribution < 1.29 is 14.6 Å². The topological polar surface area (TPSA) is 50.7 Å². The largest absolute Gasteiger partial charge is 0.493 e. The molecular weight excluding hydrogens is 242 g/mol. The lowest BCUT2D eigenvalue weighted by Crippen LogP contribution is -2.21.